The van der Waals surface area contributed by atoms with Crippen molar-refractivity contribution in [2.45, 2.75) is 13.8 Å². The van der Waals surface area contributed by atoms with Gasteiger partial charge in [-0.15, -0.1) is 0 Å². The molecule has 2 rings (SSSR count). The van der Waals surface area contributed by atoms with E-state index in [1.165, 1.54) is 30.0 Å². The van der Waals surface area contributed by atoms with E-state index in [0.717, 1.165) is 24.5 Å². The average molecular weight is 381 g/mol. The van der Waals surface area contributed by atoms with Crippen LogP contribution < -0.4 is 4.90 Å². The van der Waals surface area contributed by atoms with Crippen molar-refractivity contribution in [2.24, 2.45) is 10.2 Å². The molecule has 142 valence electrons. The smallest absolute Gasteiger partial charge is 0.158 e. The molecule has 0 heterocycles. The average Bonchev–Trinajstić information content (AvgIpc) is 2.79. The molecule has 29 heavy (non-hydrogen) atoms. The molecule has 0 saturated heterocycles. The number of nitriles is 4. The molecule has 0 unspecified atom stereocenters. The van der Waals surface area contributed by atoms with Crippen LogP contribution in [0.15, 0.2) is 76.0 Å². The van der Waals surface area contributed by atoms with E-state index in [9.17, 15) is 0 Å². The van der Waals surface area contributed by atoms with Crippen molar-refractivity contribution < 1.29 is 0 Å². The number of hydrogen-bond donors (Lipinski definition) is 0. The second-order valence-electron chi connectivity index (χ2n) is 5.42. The highest BCUT2D eigenvalue weighted by Crippen LogP contribution is 2.21. The fourth-order valence-corrected chi connectivity index (χ4v) is 2.20. The Labute approximate surface area is 170 Å². The van der Waals surface area contributed by atoms with Crippen molar-refractivity contribution in [1.29, 1.82) is 21.0 Å². The molecule has 2 aromatic carbocycles. The van der Waals surface area contributed by atoms with Crippen LogP contribution in [0.4, 0.5) is 17.1 Å². The lowest BCUT2D eigenvalue weighted by molar-refractivity contribution is 0.866. The zero-order chi connectivity index (χ0) is 21.5. The number of allylic oxidation sites excluding steroid dienone is 2. The van der Waals surface area contributed by atoms with E-state index < -0.39 is 11.1 Å². The first kappa shape index (κ1) is 22.6. The lowest BCUT2D eigenvalue weighted by atomic mass is 10.2. The van der Waals surface area contributed by atoms with E-state index in [4.69, 9.17) is 21.0 Å². The van der Waals surface area contributed by atoms with E-state index >= 15 is 0 Å². The maximum Gasteiger partial charge on any atom is 0.158 e. The van der Waals surface area contributed by atoms with Crippen LogP contribution in [-0.4, -0.2) is 13.1 Å². The Hall–Kier alpha value is -4.46. The van der Waals surface area contributed by atoms with Gasteiger partial charge in [0.2, 0.25) is 0 Å². The summed E-state index contributed by atoms with van der Waals surface area (Å²) in [5, 5.41) is 40.9. The van der Waals surface area contributed by atoms with Crippen LogP contribution >= 0.6 is 0 Å². The first-order valence-electron chi connectivity index (χ1n) is 8.79. The Morgan fingerprint density at radius 2 is 1.10 bits per heavy atom. The molecule has 7 nitrogen and oxygen atoms in total. The minimum atomic E-state index is -0.440. The first-order chi connectivity index (χ1) is 14.1. The van der Waals surface area contributed by atoms with Crippen LogP contribution in [0, 0.1) is 45.3 Å². The Kier molecular flexibility index (Phi) is 9.98. The van der Waals surface area contributed by atoms with Gasteiger partial charge in [-0.05, 0) is 50.2 Å². The molecule has 0 atom stereocenters. The minimum Gasteiger partial charge on any atom is -0.372 e. The Bertz CT molecular complexity index is 939. The molecular formula is C22H19N7. The lowest BCUT2D eigenvalue weighted by Gasteiger charge is -2.20. The molecule has 0 aliphatic rings. The van der Waals surface area contributed by atoms with Crippen LogP contribution in [-0.2, 0) is 0 Å². The summed E-state index contributed by atoms with van der Waals surface area (Å²) in [4.78, 5) is 2.30. The minimum absolute atomic E-state index is 0.440. The molecule has 7 heteroatoms. The third-order valence-electron chi connectivity index (χ3n) is 3.71. The van der Waals surface area contributed by atoms with Gasteiger partial charge in [0, 0.05) is 18.8 Å². The fraction of sp³-hybridized carbons (Fsp3) is 0.182. The molecule has 0 aliphatic heterocycles. The predicted molar refractivity (Wildman–Crippen MR) is 110 cm³/mol. The summed E-state index contributed by atoms with van der Waals surface area (Å²) < 4.78 is 0. The summed E-state index contributed by atoms with van der Waals surface area (Å²) in [6, 6.07) is 23.6. The molecule has 0 spiro atoms. The summed E-state index contributed by atoms with van der Waals surface area (Å²) in [5.41, 5.74) is 2.09. The van der Waals surface area contributed by atoms with Gasteiger partial charge in [-0.1, -0.05) is 18.2 Å². The van der Waals surface area contributed by atoms with E-state index in [1.807, 2.05) is 42.5 Å². The van der Waals surface area contributed by atoms with Gasteiger partial charge in [-0.2, -0.15) is 31.3 Å². The SMILES string of the molecule is CCN(CC)c1ccc(N=Nc2ccccc2)cc1.N#CC(C#N)=C(C#N)C#N. The van der Waals surface area contributed by atoms with Gasteiger partial charge in [0.25, 0.3) is 0 Å². The molecular weight excluding hydrogens is 362 g/mol. The molecule has 0 radical (unpaired) electrons. The number of anilines is 1. The first-order valence-corrected chi connectivity index (χ1v) is 8.79. The molecule has 0 saturated carbocycles. The van der Waals surface area contributed by atoms with Gasteiger partial charge in [0.05, 0.1) is 11.4 Å². The van der Waals surface area contributed by atoms with E-state index in [0.29, 0.717) is 0 Å². The van der Waals surface area contributed by atoms with Crippen LogP contribution in [0.2, 0.25) is 0 Å². The molecule has 0 N–H and O–H groups in total. The molecule has 0 amide bonds. The van der Waals surface area contributed by atoms with Crippen molar-refractivity contribution in [3.05, 3.63) is 65.7 Å². The number of rotatable bonds is 5. The third-order valence-corrected chi connectivity index (χ3v) is 3.71. The van der Waals surface area contributed by atoms with Gasteiger partial charge in [0.1, 0.15) is 24.3 Å². The molecule has 0 aromatic heterocycles. The van der Waals surface area contributed by atoms with Crippen LogP contribution in [0.5, 0.6) is 0 Å². The van der Waals surface area contributed by atoms with Gasteiger partial charge in [0.15, 0.2) is 11.1 Å². The normalized spacial score (nSPS) is 9.03. The third kappa shape index (κ3) is 7.35. The van der Waals surface area contributed by atoms with Crippen LogP contribution in [0.1, 0.15) is 13.8 Å². The Balaban J connectivity index is 0.000000359. The standard InChI is InChI=1S/C16H19N3.C6N4/c1-3-19(4-2)16-12-10-15(11-13-16)18-17-14-8-6-5-7-9-14;7-1-5(2-8)6(3-9)4-10/h5-13H,3-4H2,1-2H3;. The van der Waals surface area contributed by atoms with Crippen molar-refractivity contribution >= 4 is 17.1 Å². The van der Waals surface area contributed by atoms with Crippen molar-refractivity contribution in [3.8, 4) is 24.3 Å². The van der Waals surface area contributed by atoms with Crippen molar-refractivity contribution in [2.75, 3.05) is 18.0 Å². The summed E-state index contributed by atoms with van der Waals surface area (Å²) >= 11 is 0. The molecule has 0 bridgehead atoms. The second kappa shape index (κ2) is 12.8. The van der Waals surface area contributed by atoms with E-state index in [-0.39, 0.29) is 0 Å². The molecule has 0 aliphatic carbocycles. The highest BCUT2D eigenvalue weighted by atomic mass is 15.1. The number of hydrogen-bond acceptors (Lipinski definition) is 7. The maximum absolute atomic E-state index is 8.13. The van der Waals surface area contributed by atoms with Crippen molar-refractivity contribution in [3.63, 3.8) is 0 Å². The number of azo groups is 1. The Morgan fingerprint density at radius 1 is 0.690 bits per heavy atom. The largest absolute Gasteiger partial charge is 0.372 e. The number of benzene rings is 2. The van der Waals surface area contributed by atoms with Gasteiger partial charge >= 0.3 is 0 Å². The number of nitrogens with zero attached hydrogens (tertiary/aromatic N) is 7. The predicted octanol–water partition coefficient (Wildman–Crippen LogP) is 5.33. The molecule has 2 aromatic rings. The maximum atomic E-state index is 8.13. The monoisotopic (exact) mass is 381 g/mol. The van der Waals surface area contributed by atoms with Crippen molar-refractivity contribution in [1.82, 2.24) is 0 Å². The van der Waals surface area contributed by atoms with Gasteiger partial charge in [-0.3, -0.25) is 0 Å². The highest BCUT2D eigenvalue weighted by Gasteiger charge is 2.02. The molecule has 0 fully saturated rings. The van der Waals surface area contributed by atoms with E-state index in [1.54, 1.807) is 0 Å². The van der Waals surface area contributed by atoms with Crippen LogP contribution in [0.25, 0.3) is 0 Å². The summed E-state index contributed by atoms with van der Waals surface area (Å²) in [7, 11) is 0. The van der Waals surface area contributed by atoms with Gasteiger partial charge in [-0.25, -0.2) is 0 Å². The second-order valence-corrected chi connectivity index (χ2v) is 5.42. The highest BCUT2D eigenvalue weighted by molar-refractivity contribution is 5.53. The van der Waals surface area contributed by atoms with E-state index in [2.05, 4.69) is 41.1 Å². The quantitative estimate of drug-likeness (QED) is 0.512. The summed E-state index contributed by atoms with van der Waals surface area (Å²) in [6.07, 6.45) is 0. The fourth-order valence-electron chi connectivity index (χ4n) is 2.20. The van der Waals surface area contributed by atoms with Crippen LogP contribution in [0.3, 0.4) is 0 Å². The lowest BCUT2D eigenvalue weighted by Crippen LogP contribution is -2.21. The zero-order valence-corrected chi connectivity index (χ0v) is 16.2. The summed E-state index contributed by atoms with van der Waals surface area (Å²) in [6.45, 7) is 6.35. The summed E-state index contributed by atoms with van der Waals surface area (Å²) in [5.74, 6) is 0. The topological polar surface area (TPSA) is 123 Å². The Morgan fingerprint density at radius 3 is 1.48 bits per heavy atom. The van der Waals surface area contributed by atoms with Gasteiger partial charge < -0.3 is 4.90 Å². The zero-order valence-electron chi connectivity index (χ0n) is 16.2.